The second kappa shape index (κ2) is 8.48. The number of anilines is 1. The fraction of sp³-hybridized carbons (Fsp3) is 0.0345. The second-order valence-electron chi connectivity index (χ2n) is 7.69. The zero-order chi connectivity index (χ0) is 21.9. The number of para-hydroxylation sites is 1. The monoisotopic (exact) mass is 415 g/mol. The number of rotatable bonds is 5. The minimum absolute atomic E-state index is 0.363. The normalized spacial score (nSPS) is 13.8. The molecule has 0 aliphatic carbocycles. The van der Waals surface area contributed by atoms with Crippen LogP contribution in [0.1, 0.15) is 22.6 Å². The zero-order valence-corrected chi connectivity index (χ0v) is 17.4. The van der Waals surface area contributed by atoms with E-state index in [9.17, 15) is 9.59 Å². The van der Waals surface area contributed by atoms with Crippen LogP contribution in [0.5, 0.6) is 0 Å². The Balaban J connectivity index is 1.82. The third-order valence-electron chi connectivity index (χ3n) is 5.74. The topological polar surface area (TPSA) is 37.4 Å². The van der Waals surface area contributed by atoms with E-state index >= 15 is 0 Å². The number of nitrogens with zero attached hydrogens (tertiary/aromatic N) is 1. The summed E-state index contributed by atoms with van der Waals surface area (Å²) < 4.78 is 0. The Morgan fingerprint density at radius 1 is 0.531 bits per heavy atom. The first-order valence-electron chi connectivity index (χ1n) is 10.6. The van der Waals surface area contributed by atoms with Gasteiger partial charge in [0, 0.05) is 17.2 Å². The van der Waals surface area contributed by atoms with Crippen LogP contribution in [0, 0.1) is 0 Å². The Morgan fingerprint density at radius 2 is 0.969 bits per heavy atom. The molecule has 0 saturated carbocycles. The molecule has 3 nitrogen and oxygen atoms in total. The van der Waals surface area contributed by atoms with Crippen molar-refractivity contribution < 1.29 is 9.59 Å². The number of amides is 1. The lowest BCUT2D eigenvalue weighted by molar-refractivity contribution is -0.132. The average molecular weight is 415 g/mol. The van der Waals surface area contributed by atoms with Gasteiger partial charge in [0.05, 0.1) is 5.70 Å². The number of hydrogen-bond donors (Lipinski definition) is 0. The van der Waals surface area contributed by atoms with Crippen LogP contribution in [0.15, 0.2) is 127 Å². The molecule has 3 heteroatoms. The van der Waals surface area contributed by atoms with Crippen molar-refractivity contribution in [2.75, 3.05) is 4.90 Å². The van der Waals surface area contributed by atoms with Crippen LogP contribution >= 0.6 is 0 Å². The molecule has 0 N–H and O–H groups in total. The molecule has 1 heterocycles. The van der Waals surface area contributed by atoms with Crippen LogP contribution in [0.25, 0.3) is 5.70 Å². The Hall–Kier alpha value is -4.24. The van der Waals surface area contributed by atoms with Gasteiger partial charge < -0.3 is 0 Å². The van der Waals surface area contributed by atoms with Gasteiger partial charge in [-0.2, -0.15) is 0 Å². The van der Waals surface area contributed by atoms with Gasteiger partial charge in [-0.25, -0.2) is 0 Å². The number of hydrogen-bond acceptors (Lipinski definition) is 2. The van der Waals surface area contributed by atoms with Crippen LogP contribution in [0.4, 0.5) is 5.69 Å². The first kappa shape index (κ1) is 19.7. The maximum atomic E-state index is 13.6. The van der Waals surface area contributed by atoms with Gasteiger partial charge in [-0.05, 0) is 28.8 Å². The second-order valence-corrected chi connectivity index (χ2v) is 7.69. The van der Waals surface area contributed by atoms with E-state index in [2.05, 4.69) is 0 Å². The molecule has 32 heavy (non-hydrogen) atoms. The summed E-state index contributed by atoms with van der Waals surface area (Å²) in [5.74, 6) is -1.36. The summed E-state index contributed by atoms with van der Waals surface area (Å²) in [6.07, 6.45) is 0. The van der Waals surface area contributed by atoms with Gasteiger partial charge in [0.2, 0.25) is 5.78 Å². The largest absolute Gasteiger partial charge is 0.303 e. The Kier molecular flexibility index (Phi) is 5.22. The first-order valence-corrected chi connectivity index (χ1v) is 10.6. The predicted octanol–water partition coefficient (Wildman–Crippen LogP) is 5.85. The van der Waals surface area contributed by atoms with Crippen molar-refractivity contribution in [1.82, 2.24) is 0 Å². The maximum absolute atomic E-state index is 13.6. The molecule has 1 aliphatic rings. The van der Waals surface area contributed by atoms with Crippen molar-refractivity contribution in [3.8, 4) is 0 Å². The highest BCUT2D eigenvalue weighted by Crippen LogP contribution is 2.43. The molecule has 0 fully saturated rings. The van der Waals surface area contributed by atoms with Gasteiger partial charge in [0.1, 0.15) is 0 Å². The van der Waals surface area contributed by atoms with E-state index in [0.717, 1.165) is 16.7 Å². The highest BCUT2D eigenvalue weighted by molar-refractivity contribution is 6.55. The van der Waals surface area contributed by atoms with Crippen LogP contribution < -0.4 is 4.90 Å². The highest BCUT2D eigenvalue weighted by atomic mass is 16.2. The summed E-state index contributed by atoms with van der Waals surface area (Å²) in [4.78, 5) is 28.6. The van der Waals surface area contributed by atoms with Gasteiger partial charge in [-0.3, -0.25) is 14.5 Å². The Morgan fingerprint density at radius 3 is 1.47 bits per heavy atom. The highest BCUT2D eigenvalue weighted by Gasteiger charge is 2.43. The van der Waals surface area contributed by atoms with Crippen molar-refractivity contribution in [3.05, 3.63) is 144 Å². The molecule has 4 aromatic rings. The predicted molar refractivity (Wildman–Crippen MR) is 127 cm³/mol. The third-order valence-corrected chi connectivity index (χ3v) is 5.74. The van der Waals surface area contributed by atoms with E-state index in [1.165, 1.54) is 0 Å². The third kappa shape index (κ3) is 3.44. The molecule has 5 rings (SSSR count). The molecule has 0 saturated heterocycles. The standard InChI is InChI=1S/C29H21NO2/c31-28-26(25(21-13-5-1-6-14-21)22-15-7-2-8-16-22)27(23-17-9-3-10-18-23)30(29(28)32)24-19-11-4-12-20-24/h1-20,25H. The van der Waals surface area contributed by atoms with Gasteiger partial charge in [-0.15, -0.1) is 0 Å². The number of carbonyl (C=O) groups excluding carboxylic acids is 2. The van der Waals surface area contributed by atoms with Crippen molar-refractivity contribution in [1.29, 1.82) is 0 Å². The lowest BCUT2D eigenvalue weighted by Gasteiger charge is -2.23. The van der Waals surface area contributed by atoms with Crippen LogP contribution in [-0.2, 0) is 9.59 Å². The molecule has 154 valence electrons. The molecule has 1 aliphatic heterocycles. The summed E-state index contributed by atoms with van der Waals surface area (Å²) in [6.45, 7) is 0. The van der Waals surface area contributed by atoms with Gasteiger partial charge in [-0.1, -0.05) is 109 Å². The first-order chi connectivity index (χ1) is 15.8. The summed E-state index contributed by atoms with van der Waals surface area (Å²) in [5.41, 5.74) is 4.60. The molecule has 0 atom stereocenters. The molecule has 0 radical (unpaired) electrons. The molecular weight excluding hydrogens is 394 g/mol. The van der Waals surface area contributed by atoms with E-state index in [0.29, 0.717) is 17.0 Å². The summed E-state index contributed by atoms with van der Waals surface area (Å²) >= 11 is 0. The number of carbonyl (C=O) groups is 2. The summed E-state index contributed by atoms with van der Waals surface area (Å²) in [7, 11) is 0. The quantitative estimate of drug-likeness (QED) is 0.384. The van der Waals surface area contributed by atoms with Gasteiger partial charge in [0.25, 0.3) is 0 Å². The van der Waals surface area contributed by atoms with Crippen molar-refractivity contribution >= 4 is 23.1 Å². The lowest BCUT2D eigenvalue weighted by Crippen LogP contribution is -2.28. The summed E-state index contributed by atoms with van der Waals surface area (Å²) in [6, 6.07) is 38.8. The SMILES string of the molecule is O=C1C(=O)N(c2ccccc2)C(c2ccccc2)=C1C(c1ccccc1)c1ccccc1. The smallest absolute Gasteiger partial charge is 0.283 e. The number of Topliss-reactive ketones (excluding diaryl/α,β-unsaturated/α-hetero) is 1. The summed E-state index contributed by atoms with van der Waals surface area (Å²) in [5, 5.41) is 0. The molecular formula is C29H21NO2. The van der Waals surface area contributed by atoms with E-state index < -0.39 is 11.7 Å². The Bertz CT molecular complexity index is 1240. The van der Waals surface area contributed by atoms with Gasteiger partial charge >= 0.3 is 5.91 Å². The average Bonchev–Trinajstić information content (AvgIpc) is 3.12. The van der Waals surface area contributed by atoms with Crippen molar-refractivity contribution in [2.45, 2.75) is 5.92 Å². The Labute approximate surface area is 187 Å². The minimum Gasteiger partial charge on any atom is -0.283 e. The van der Waals surface area contributed by atoms with Gasteiger partial charge in [0.15, 0.2) is 0 Å². The molecule has 0 bridgehead atoms. The minimum atomic E-state index is -0.526. The van der Waals surface area contributed by atoms with E-state index in [-0.39, 0.29) is 5.92 Å². The zero-order valence-electron chi connectivity index (χ0n) is 17.4. The number of benzene rings is 4. The van der Waals surface area contributed by atoms with Crippen LogP contribution in [0.3, 0.4) is 0 Å². The maximum Gasteiger partial charge on any atom is 0.303 e. The molecule has 1 amide bonds. The van der Waals surface area contributed by atoms with Crippen LogP contribution in [-0.4, -0.2) is 11.7 Å². The van der Waals surface area contributed by atoms with E-state index in [1.807, 2.05) is 121 Å². The molecule has 0 aromatic heterocycles. The van der Waals surface area contributed by atoms with E-state index in [1.54, 1.807) is 4.90 Å². The number of ketones is 1. The van der Waals surface area contributed by atoms with Crippen molar-refractivity contribution in [3.63, 3.8) is 0 Å². The van der Waals surface area contributed by atoms with E-state index in [4.69, 9.17) is 0 Å². The fourth-order valence-electron chi connectivity index (χ4n) is 4.33. The molecule has 0 spiro atoms. The van der Waals surface area contributed by atoms with Crippen molar-refractivity contribution in [2.24, 2.45) is 0 Å². The molecule has 0 unspecified atom stereocenters. The lowest BCUT2D eigenvalue weighted by atomic mass is 9.82. The molecule has 4 aromatic carbocycles. The van der Waals surface area contributed by atoms with Crippen LogP contribution in [0.2, 0.25) is 0 Å². The fourth-order valence-corrected chi connectivity index (χ4v) is 4.33.